The Balaban J connectivity index is 3.99. The molecular formula is C11H19N2O-. The zero-order chi connectivity index (χ0) is 10.9. The number of ether oxygens (including phenoxy) is 1. The van der Waals surface area contributed by atoms with Crippen LogP contribution in [0.2, 0.25) is 0 Å². The van der Waals surface area contributed by atoms with E-state index in [0.717, 1.165) is 25.7 Å². The van der Waals surface area contributed by atoms with Gasteiger partial charge in [-0.3, -0.25) is 0 Å². The first-order valence-electron chi connectivity index (χ1n) is 4.89. The zero-order valence-electron chi connectivity index (χ0n) is 8.91. The van der Waals surface area contributed by atoms with Gasteiger partial charge in [0.1, 0.15) is 5.60 Å². The van der Waals surface area contributed by atoms with Crippen molar-refractivity contribution in [3.8, 4) is 0 Å². The normalized spacial score (nSPS) is 14.1. The molecule has 1 unspecified atom stereocenters. The van der Waals surface area contributed by atoms with Crippen LogP contribution in [0.25, 0.3) is 5.53 Å². The van der Waals surface area contributed by atoms with Crippen LogP contribution < -0.4 is 0 Å². The largest absolute Gasteiger partial charge is 0.712 e. The fourth-order valence-corrected chi connectivity index (χ4v) is 1.38. The van der Waals surface area contributed by atoms with Crippen molar-refractivity contribution < 1.29 is 4.74 Å². The van der Waals surface area contributed by atoms with E-state index in [1.807, 2.05) is 13.0 Å². The molecule has 0 aromatic heterocycles. The van der Waals surface area contributed by atoms with Gasteiger partial charge in [0.05, 0.1) is 6.26 Å². The van der Waals surface area contributed by atoms with Gasteiger partial charge in [-0.1, -0.05) is 12.7 Å². The number of allylic oxidation sites excluding steroid dienone is 1. The summed E-state index contributed by atoms with van der Waals surface area (Å²) in [6.45, 7) is 9.74. The molecule has 14 heavy (non-hydrogen) atoms. The Hall–Kier alpha value is -1.12. The third-order valence-electron chi connectivity index (χ3n) is 2.21. The summed E-state index contributed by atoms with van der Waals surface area (Å²) >= 11 is 0. The van der Waals surface area contributed by atoms with E-state index >= 15 is 0 Å². The molecule has 0 heterocycles. The van der Waals surface area contributed by atoms with Gasteiger partial charge >= 0.3 is 0 Å². The molecular weight excluding hydrogens is 176 g/mol. The topological polar surface area (TPSA) is 43.9 Å². The molecule has 0 amide bonds. The van der Waals surface area contributed by atoms with Gasteiger partial charge in [-0.15, -0.1) is 6.58 Å². The average molecular weight is 195 g/mol. The van der Waals surface area contributed by atoms with Crippen LogP contribution >= 0.6 is 0 Å². The van der Waals surface area contributed by atoms with Gasteiger partial charge in [0.15, 0.2) is 0 Å². The first-order chi connectivity index (χ1) is 6.68. The minimum Gasteiger partial charge on any atom is -0.712 e. The summed E-state index contributed by atoms with van der Waals surface area (Å²) in [5, 5.41) is 3.08. The Morgan fingerprint density at radius 3 is 2.64 bits per heavy atom. The Kier molecular flexibility index (Phi) is 6.72. The van der Waals surface area contributed by atoms with Gasteiger partial charge in [-0.2, -0.15) is 0 Å². The molecule has 0 spiro atoms. The maximum atomic E-state index is 8.32. The number of rotatable bonds is 9. The van der Waals surface area contributed by atoms with E-state index in [2.05, 4.69) is 18.3 Å². The van der Waals surface area contributed by atoms with E-state index in [1.54, 1.807) is 0 Å². The molecule has 0 N–H and O–H groups in total. The molecule has 0 radical (unpaired) electrons. The van der Waals surface area contributed by atoms with Crippen molar-refractivity contribution in [1.82, 2.24) is 0 Å². The second-order valence-electron chi connectivity index (χ2n) is 3.53. The molecule has 0 rings (SSSR count). The molecule has 80 valence electrons. The first-order valence-corrected chi connectivity index (χ1v) is 4.89. The number of hydrogen-bond donors (Lipinski definition) is 0. The predicted molar refractivity (Wildman–Crippen MR) is 59.0 cm³/mol. The highest BCUT2D eigenvalue weighted by molar-refractivity contribution is 4.82. The highest BCUT2D eigenvalue weighted by Gasteiger charge is 2.22. The smallest absolute Gasteiger partial charge is 0.106 e. The van der Waals surface area contributed by atoms with Crippen LogP contribution in [0.1, 0.15) is 32.6 Å². The van der Waals surface area contributed by atoms with E-state index < -0.39 is 0 Å². The van der Waals surface area contributed by atoms with Gasteiger partial charge < -0.3 is 15.4 Å². The lowest BCUT2D eigenvalue weighted by molar-refractivity contribution is 0.0235. The van der Waals surface area contributed by atoms with E-state index in [9.17, 15) is 0 Å². The third kappa shape index (κ3) is 5.51. The van der Waals surface area contributed by atoms with E-state index in [0.29, 0.717) is 6.54 Å². The standard InChI is InChI=1S/C11H19N2O/c1-4-6-8-11(3,14-5-2)9-7-10-13-12/h4-5H,1-2,6-10H2,3H3/q-1. The molecule has 0 aliphatic heterocycles. The molecule has 3 heteroatoms. The van der Waals surface area contributed by atoms with Gasteiger partial charge in [0.2, 0.25) is 0 Å². The molecule has 0 aromatic carbocycles. The Labute approximate surface area is 86.4 Å². The minimum atomic E-state index is -0.208. The summed E-state index contributed by atoms with van der Waals surface area (Å²) in [4.78, 5) is 0. The highest BCUT2D eigenvalue weighted by atomic mass is 16.5. The van der Waals surface area contributed by atoms with E-state index in [1.165, 1.54) is 6.26 Å². The molecule has 0 aliphatic carbocycles. The fourth-order valence-electron chi connectivity index (χ4n) is 1.38. The minimum absolute atomic E-state index is 0.208. The summed E-state index contributed by atoms with van der Waals surface area (Å²) in [6, 6.07) is 0. The van der Waals surface area contributed by atoms with Crippen LogP contribution in [0.4, 0.5) is 0 Å². The van der Waals surface area contributed by atoms with Crippen molar-refractivity contribution in [2.24, 2.45) is 5.11 Å². The van der Waals surface area contributed by atoms with Gasteiger partial charge in [0, 0.05) is 6.54 Å². The SMILES string of the molecule is C=CCCC(C)(CCCN=[N-])OC=C. The van der Waals surface area contributed by atoms with Crippen LogP contribution in [0.5, 0.6) is 0 Å². The lowest BCUT2D eigenvalue weighted by Gasteiger charge is -2.28. The predicted octanol–water partition coefficient (Wildman–Crippen LogP) is 3.67. The monoisotopic (exact) mass is 195 g/mol. The van der Waals surface area contributed by atoms with Crippen molar-refractivity contribution >= 4 is 0 Å². The van der Waals surface area contributed by atoms with Crippen LogP contribution in [0.3, 0.4) is 0 Å². The molecule has 3 nitrogen and oxygen atoms in total. The van der Waals surface area contributed by atoms with Crippen molar-refractivity contribution in [2.45, 2.75) is 38.2 Å². The van der Waals surface area contributed by atoms with E-state index in [-0.39, 0.29) is 5.60 Å². The van der Waals surface area contributed by atoms with Gasteiger partial charge in [-0.25, -0.2) is 0 Å². The Morgan fingerprint density at radius 2 is 2.14 bits per heavy atom. The molecule has 0 bridgehead atoms. The van der Waals surface area contributed by atoms with Crippen molar-refractivity contribution in [2.75, 3.05) is 6.54 Å². The molecule has 0 saturated carbocycles. The molecule has 0 fully saturated rings. The Morgan fingerprint density at radius 1 is 1.43 bits per heavy atom. The Bertz CT molecular complexity index is 192. The van der Waals surface area contributed by atoms with Crippen LogP contribution in [0.15, 0.2) is 30.6 Å². The third-order valence-corrected chi connectivity index (χ3v) is 2.21. The van der Waals surface area contributed by atoms with Gasteiger partial charge in [0.25, 0.3) is 0 Å². The summed E-state index contributed by atoms with van der Waals surface area (Å²) in [5.41, 5.74) is 8.11. The van der Waals surface area contributed by atoms with Crippen LogP contribution in [0, 0.1) is 0 Å². The lowest BCUT2D eigenvalue weighted by atomic mass is 9.94. The quantitative estimate of drug-likeness (QED) is 0.239. The molecule has 0 saturated heterocycles. The number of hydrogen-bond acceptors (Lipinski definition) is 2. The molecule has 0 aromatic rings. The average Bonchev–Trinajstić information content (AvgIpc) is 2.16. The van der Waals surface area contributed by atoms with Crippen molar-refractivity contribution in [1.29, 1.82) is 0 Å². The fraction of sp³-hybridized carbons (Fsp3) is 0.636. The first kappa shape index (κ1) is 12.9. The molecule has 1 atom stereocenters. The van der Waals surface area contributed by atoms with E-state index in [4.69, 9.17) is 10.3 Å². The zero-order valence-corrected chi connectivity index (χ0v) is 8.91. The van der Waals surface area contributed by atoms with Crippen molar-refractivity contribution in [3.63, 3.8) is 0 Å². The maximum Gasteiger partial charge on any atom is 0.106 e. The maximum absolute atomic E-state index is 8.32. The van der Waals surface area contributed by atoms with Crippen LogP contribution in [-0.4, -0.2) is 12.1 Å². The second-order valence-corrected chi connectivity index (χ2v) is 3.53. The van der Waals surface area contributed by atoms with Gasteiger partial charge in [-0.05, 0) is 32.6 Å². The summed E-state index contributed by atoms with van der Waals surface area (Å²) < 4.78 is 5.47. The lowest BCUT2D eigenvalue weighted by Crippen LogP contribution is -2.26. The number of nitrogens with zero attached hydrogens (tertiary/aromatic N) is 2. The van der Waals surface area contributed by atoms with Crippen molar-refractivity contribution in [3.05, 3.63) is 31.0 Å². The highest BCUT2D eigenvalue weighted by Crippen LogP contribution is 2.24. The summed E-state index contributed by atoms with van der Waals surface area (Å²) in [7, 11) is 0. The second kappa shape index (κ2) is 7.30. The summed E-state index contributed by atoms with van der Waals surface area (Å²) in [6.07, 6.45) is 6.85. The van der Waals surface area contributed by atoms with Crippen LogP contribution in [-0.2, 0) is 4.74 Å². The summed E-state index contributed by atoms with van der Waals surface area (Å²) in [5.74, 6) is 0. The molecule has 0 aliphatic rings.